The maximum atomic E-state index is 11.3. The van der Waals surface area contributed by atoms with Crippen LogP contribution in [0.4, 0.5) is 0 Å². The summed E-state index contributed by atoms with van der Waals surface area (Å²) in [6.07, 6.45) is 0. The minimum atomic E-state index is -0.626. The molecule has 1 unspecified atom stereocenters. The molecule has 0 aliphatic rings. The number of benzene rings is 1. The molecule has 0 spiro atoms. The molecule has 0 amide bonds. The molecule has 0 heterocycles. The third-order valence-corrected chi connectivity index (χ3v) is 2.08. The van der Waals surface area contributed by atoms with Gasteiger partial charge in [0.25, 0.3) is 0 Å². The monoisotopic (exact) mass is 266 g/mol. The number of nitrogens with zero attached hydrogens (tertiary/aromatic N) is 1. The Morgan fingerprint density at radius 3 is 2.79 bits per heavy atom. The molecule has 1 aromatic rings. The quantitative estimate of drug-likeness (QED) is 0.825. The molecule has 1 atom stereocenters. The Bertz CT molecular complexity index is 433. The van der Waals surface area contributed by atoms with Crippen LogP contribution in [-0.4, -0.2) is 25.7 Å². The van der Waals surface area contributed by atoms with Gasteiger partial charge in [0.2, 0.25) is 0 Å². The summed E-state index contributed by atoms with van der Waals surface area (Å²) in [6, 6.07) is 8.16. The molecule has 5 heteroatoms. The summed E-state index contributed by atoms with van der Waals surface area (Å²) in [7, 11) is 1.33. The van der Waals surface area contributed by atoms with Gasteiger partial charge in [0, 0.05) is 1.43 Å². The van der Waals surface area contributed by atoms with Gasteiger partial charge in [-0.1, -0.05) is 26.0 Å². The maximum Gasteiger partial charge on any atom is 0.337 e. The number of hydrogen-bond donors (Lipinski definition) is 1. The number of carbonyl (C=O) groups excluding carboxylic acids is 1. The standard InChI is InChI=1S/C12H14N2O3.C2H6.H2/c1-16-12(15)10-4-2-3-9(5-10)7-17-8-11(14)6-13;1-2;/h2-5,11H,7-8,14H2,1H3;1-2H3;1H. The van der Waals surface area contributed by atoms with Crippen molar-refractivity contribution in [2.45, 2.75) is 26.5 Å². The second kappa shape index (κ2) is 10.1. The summed E-state index contributed by atoms with van der Waals surface area (Å²) in [5.74, 6) is -0.388. The highest BCUT2D eigenvalue weighted by molar-refractivity contribution is 5.89. The first-order valence-electron chi connectivity index (χ1n) is 6.07. The van der Waals surface area contributed by atoms with Crippen LogP contribution in [-0.2, 0) is 16.1 Å². The van der Waals surface area contributed by atoms with Crippen LogP contribution in [0.25, 0.3) is 0 Å². The second-order valence-corrected chi connectivity index (χ2v) is 3.44. The number of methoxy groups -OCH3 is 1. The predicted molar refractivity (Wildman–Crippen MR) is 74.5 cm³/mol. The van der Waals surface area contributed by atoms with Crippen molar-refractivity contribution in [1.29, 1.82) is 5.26 Å². The third kappa shape index (κ3) is 6.55. The molecule has 0 fully saturated rings. The molecule has 0 aliphatic heterocycles. The first-order valence-corrected chi connectivity index (χ1v) is 6.07. The largest absolute Gasteiger partial charge is 0.465 e. The van der Waals surface area contributed by atoms with Crippen molar-refractivity contribution >= 4 is 5.97 Å². The summed E-state index contributed by atoms with van der Waals surface area (Å²) in [4.78, 5) is 11.3. The lowest BCUT2D eigenvalue weighted by Gasteiger charge is -2.06. The Morgan fingerprint density at radius 2 is 2.21 bits per heavy atom. The van der Waals surface area contributed by atoms with E-state index in [9.17, 15) is 4.79 Å². The molecule has 5 nitrogen and oxygen atoms in total. The average molecular weight is 266 g/mol. The average Bonchev–Trinajstić information content (AvgIpc) is 2.48. The number of hydrogen-bond acceptors (Lipinski definition) is 5. The van der Waals surface area contributed by atoms with Crippen molar-refractivity contribution in [2.75, 3.05) is 13.7 Å². The summed E-state index contributed by atoms with van der Waals surface area (Å²) in [5, 5.41) is 8.46. The maximum absolute atomic E-state index is 11.3. The zero-order valence-electron chi connectivity index (χ0n) is 11.6. The number of esters is 1. The molecular formula is C14H22N2O3. The van der Waals surface area contributed by atoms with Gasteiger partial charge in [-0.25, -0.2) is 4.79 Å². The summed E-state index contributed by atoms with van der Waals surface area (Å²) < 4.78 is 9.85. The fourth-order valence-electron chi connectivity index (χ4n) is 1.25. The van der Waals surface area contributed by atoms with E-state index in [-0.39, 0.29) is 14.0 Å². The Labute approximate surface area is 115 Å². The van der Waals surface area contributed by atoms with Gasteiger partial charge in [0.15, 0.2) is 0 Å². The lowest BCUT2D eigenvalue weighted by atomic mass is 10.1. The van der Waals surface area contributed by atoms with Crippen LogP contribution in [0.2, 0.25) is 0 Å². The minimum absolute atomic E-state index is 0. The fraction of sp³-hybridized carbons (Fsp3) is 0.429. The third-order valence-electron chi connectivity index (χ3n) is 2.08. The number of nitrogens with two attached hydrogens (primary N) is 1. The van der Waals surface area contributed by atoms with E-state index >= 15 is 0 Å². The van der Waals surface area contributed by atoms with Gasteiger partial charge in [-0.2, -0.15) is 5.26 Å². The lowest BCUT2D eigenvalue weighted by molar-refractivity contribution is 0.0600. The Morgan fingerprint density at radius 1 is 1.53 bits per heavy atom. The predicted octanol–water partition coefficient (Wildman–Crippen LogP) is 2.11. The number of rotatable bonds is 5. The normalized spacial score (nSPS) is 10.7. The van der Waals surface area contributed by atoms with Crippen LogP contribution in [0.1, 0.15) is 31.2 Å². The molecule has 0 saturated carbocycles. The van der Waals surface area contributed by atoms with Crippen LogP contribution in [0.3, 0.4) is 0 Å². The molecular weight excluding hydrogens is 244 g/mol. The first-order chi connectivity index (χ1) is 9.17. The Hall–Kier alpha value is -1.90. The second-order valence-electron chi connectivity index (χ2n) is 3.44. The van der Waals surface area contributed by atoms with E-state index < -0.39 is 6.04 Å². The first kappa shape index (κ1) is 17.1. The van der Waals surface area contributed by atoms with Crippen LogP contribution in [0.5, 0.6) is 0 Å². The van der Waals surface area contributed by atoms with Gasteiger partial charge in [0.1, 0.15) is 6.04 Å². The molecule has 0 aliphatic carbocycles. The Balaban J connectivity index is 0. The molecule has 19 heavy (non-hydrogen) atoms. The molecule has 1 rings (SSSR count). The Kier molecular flexibility index (Phi) is 9.06. The van der Waals surface area contributed by atoms with Gasteiger partial charge < -0.3 is 15.2 Å². The fourth-order valence-corrected chi connectivity index (χ4v) is 1.25. The zero-order valence-corrected chi connectivity index (χ0v) is 11.6. The number of nitriles is 1. The summed E-state index contributed by atoms with van der Waals surface area (Å²) in [5.41, 5.74) is 6.68. The molecule has 0 radical (unpaired) electrons. The van der Waals surface area contributed by atoms with E-state index in [1.807, 2.05) is 26.0 Å². The smallest absolute Gasteiger partial charge is 0.337 e. The van der Waals surface area contributed by atoms with Crippen LogP contribution in [0, 0.1) is 11.3 Å². The van der Waals surface area contributed by atoms with Gasteiger partial charge in [-0.3, -0.25) is 0 Å². The van der Waals surface area contributed by atoms with Crippen LogP contribution in [0.15, 0.2) is 24.3 Å². The molecule has 0 bridgehead atoms. The van der Waals surface area contributed by atoms with E-state index in [4.69, 9.17) is 15.7 Å². The van der Waals surface area contributed by atoms with E-state index in [0.717, 1.165) is 5.56 Å². The van der Waals surface area contributed by atoms with Crippen molar-refractivity contribution < 1.29 is 15.7 Å². The topological polar surface area (TPSA) is 85.3 Å². The molecule has 2 N–H and O–H groups in total. The minimum Gasteiger partial charge on any atom is -0.465 e. The number of ether oxygens (including phenoxy) is 2. The van der Waals surface area contributed by atoms with Crippen molar-refractivity contribution in [3.8, 4) is 6.07 Å². The lowest BCUT2D eigenvalue weighted by Crippen LogP contribution is -2.23. The molecule has 0 saturated heterocycles. The van der Waals surface area contributed by atoms with Crippen LogP contribution >= 0.6 is 0 Å². The molecule has 106 valence electrons. The van der Waals surface area contributed by atoms with Gasteiger partial charge in [-0.05, 0) is 17.7 Å². The van der Waals surface area contributed by atoms with Crippen molar-refractivity contribution in [2.24, 2.45) is 5.73 Å². The molecule has 1 aromatic carbocycles. The van der Waals surface area contributed by atoms with Gasteiger partial charge >= 0.3 is 5.97 Å². The van der Waals surface area contributed by atoms with E-state index in [1.165, 1.54) is 7.11 Å². The highest BCUT2D eigenvalue weighted by atomic mass is 16.5. The van der Waals surface area contributed by atoms with E-state index in [1.54, 1.807) is 18.2 Å². The van der Waals surface area contributed by atoms with Crippen LogP contribution < -0.4 is 5.73 Å². The van der Waals surface area contributed by atoms with E-state index in [2.05, 4.69) is 4.74 Å². The van der Waals surface area contributed by atoms with Crippen molar-refractivity contribution in [1.82, 2.24) is 0 Å². The number of carbonyl (C=O) groups is 1. The highest BCUT2D eigenvalue weighted by Gasteiger charge is 2.06. The van der Waals surface area contributed by atoms with Crippen molar-refractivity contribution in [3.05, 3.63) is 35.4 Å². The summed E-state index contributed by atoms with van der Waals surface area (Å²) >= 11 is 0. The molecule has 0 aromatic heterocycles. The van der Waals surface area contributed by atoms with Gasteiger partial charge in [-0.15, -0.1) is 0 Å². The van der Waals surface area contributed by atoms with Crippen molar-refractivity contribution in [3.63, 3.8) is 0 Å². The summed E-state index contributed by atoms with van der Waals surface area (Å²) in [6.45, 7) is 4.47. The highest BCUT2D eigenvalue weighted by Crippen LogP contribution is 2.07. The zero-order chi connectivity index (χ0) is 14.7. The van der Waals surface area contributed by atoms with E-state index in [0.29, 0.717) is 12.2 Å². The SMILES string of the molecule is CC.COC(=O)c1cccc(COCC(N)C#N)c1.[HH]. The van der Waals surface area contributed by atoms with Gasteiger partial charge in [0.05, 0.1) is 32.0 Å².